The predicted molar refractivity (Wildman–Crippen MR) is 103 cm³/mol. The van der Waals surface area contributed by atoms with Crippen LogP contribution in [0, 0.1) is 5.92 Å². The van der Waals surface area contributed by atoms with Gasteiger partial charge in [0, 0.05) is 0 Å². The van der Waals surface area contributed by atoms with Crippen LogP contribution in [0.1, 0.15) is 26.3 Å². The molecule has 0 bridgehead atoms. The molecule has 1 aliphatic rings. The van der Waals surface area contributed by atoms with Crippen LogP contribution in [0.15, 0.2) is 23.1 Å². The minimum Gasteiger partial charge on any atom is -0.493 e. The molecule has 1 fully saturated rings. The van der Waals surface area contributed by atoms with Gasteiger partial charge >= 0.3 is 5.97 Å². The van der Waals surface area contributed by atoms with E-state index in [1.165, 1.54) is 0 Å². The van der Waals surface area contributed by atoms with Gasteiger partial charge in [-0.05, 0) is 48.4 Å². The first-order chi connectivity index (χ1) is 12.8. The van der Waals surface area contributed by atoms with Gasteiger partial charge in [-0.25, -0.2) is 0 Å². The average molecular weight is 393 g/mol. The van der Waals surface area contributed by atoms with E-state index in [1.54, 1.807) is 31.4 Å². The minimum atomic E-state index is -0.602. The van der Waals surface area contributed by atoms with Gasteiger partial charge in [0.15, 0.2) is 11.5 Å². The number of methoxy groups -OCH3 is 1. The Morgan fingerprint density at radius 2 is 2.00 bits per heavy atom. The molecular formula is C19H23NO6S. The van der Waals surface area contributed by atoms with Crippen molar-refractivity contribution in [1.82, 2.24) is 4.90 Å². The summed E-state index contributed by atoms with van der Waals surface area (Å²) in [5, 5.41) is -0.494. The highest BCUT2D eigenvalue weighted by Gasteiger charge is 2.36. The molecule has 0 spiro atoms. The van der Waals surface area contributed by atoms with Crippen molar-refractivity contribution in [2.24, 2.45) is 5.92 Å². The average Bonchev–Trinajstić information content (AvgIpc) is 2.88. The third-order valence-corrected chi connectivity index (χ3v) is 4.43. The van der Waals surface area contributed by atoms with Gasteiger partial charge in [0.25, 0.3) is 11.1 Å². The van der Waals surface area contributed by atoms with Gasteiger partial charge in [0.1, 0.15) is 6.54 Å². The first-order valence-electron chi connectivity index (χ1n) is 8.57. The summed E-state index contributed by atoms with van der Waals surface area (Å²) in [6.45, 7) is 5.99. The first kappa shape index (κ1) is 20.8. The lowest BCUT2D eigenvalue weighted by Gasteiger charge is -2.12. The highest BCUT2D eigenvalue weighted by molar-refractivity contribution is 8.18. The molecule has 0 aliphatic carbocycles. The van der Waals surface area contributed by atoms with Crippen molar-refractivity contribution in [2.45, 2.75) is 20.8 Å². The fourth-order valence-electron chi connectivity index (χ4n) is 2.27. The second-order valence-corrected chi connectivity index (χ2v) is 7.18. The van der Waals surface area contributed by atoms with Crippen LogP contribution < -0.4 is 9.47 Å². The lowest BCUT2D eigenvalue weighted by atomic mass is 10.2. The van der Waals surface area contributed by atoms with Crippen molar-refractivity contribution in [1.29, 1.82) is 0 Å². The monoisotopic (exact) mass is 393 g/mol. The third kappa shape index (κ3) is 5.50. The minimum absolute atomic E-state index is 0.179. The third-order valence-electron chi connectivity index (χ3n) is 3.52. The number of imide groups is 1. The molecule has 1 heterocycles. The van der Waals surface area contributed by atoms with Crippen LogP contribution in [-0.2, 0) is 14.3 Å². The molecule has 7 nitrogen and oxygen atoms in total. The molecule has 1 aliphatic heterocycles. The number of rotatable bonds is 8. The van der Waals surface area contributed by atoms with Gasteiger partial charge in [0.2, 0.25) is 0 Å². The van der Waals surface area contributed by atoms with Crippen LogP contribution in [0.4, 0.5) is 4.79 Å². The zero-order valence-electron chi connectivity index (χ0n) is 15.8. The maximum absolute atomic E-state index is 12.5. The Labute approximate surface area is 162 Å². The van der Waals surface area contributed by atoms with E-state index >= 15 is 0 Å². The van der Waals surface area contributed by atoms with Crippen molar-refractivity contribution in [3.05, 3.63) is 28.7 Å². The highest BCUT2D eigenvalue weighted by atomic mass is 32.2. The fraction of sp³-hybridized carbons (Fsp3) is 0.421. The molecule has 1 saturated heterocycles. The number of esters is 1. The topological polar surface area (TPSA) is 82.1 Å². The molecule has 1 aromatic carbocycles. The number of hydrogen-bond acceptors (Lipinski definition) is 7. The summed E-state index contributed by atoms with van der Waals surface area (Å²) in [5.41, 5.74) is 0.687. The zero-order chi connectivity index (χ0) is 20.0. The molecule has 0 atom stereocenters. The second kappa shape index (κ2) is 9.45. The summed E-state index contributed by atoms with van der Waals surface area (Å²) < 4.78 is 15.8. The molecule has 2 rings (SSSR count). The van der Waals surface area contributed by atoms with Crippen molar-refractivity contribution in [2.75, 3.05) is 26.9 Å². The van der Waals surface area contributed by atoms with Crippen LogP contribution in [0.5, 0.6) is 11.5 Å². The van der Waals surface area contributed by atoms with Gasteiger partial charge in [-0.2, -0.15) is 0 Å². The Bertz CT molecular complexity index is 759. The molecule has 27 heavy (non-hydrogen) atoms. The normalized spacial score (nSPS) is 15.6. The number of amides is 2. The van der Waals surface area contributed by atoms with E-state index in [0.717, 1.165) is 16.7 Å². The highest BCUT2D eigenvalue weighted by Crippen LogP contribution is 2.34. The van der Waals surface area contributed by atoms with Crippen LogP contribution in [0.2, 0.25) is 0 Å². The van der Waals surface area contributed by atoms with Gasteiger partial charge in [-0.1, -0.05) is 19.9 Å². The summed E-state index contributed by atoms with van der Waals surface area (Å²) in [7, 11) is 1.54. The number of ether oxygens (including phenoxy) is 3. The Hall–Kier alpha value is -2.48. The van der Waals surface area contributed by atoms with E-state index < -0.39 is 17.1 Å². The van der Waals surface area contributed by atoms with E-state index in [1.807, 2.05) is 20.8 Å². The summed E-state index contributed by atoms with van der Waals surface area (Å²) in [6, 6.07) is 5.21. The molecule has 2 amide bonds. The van der Waals surface area contributed by atoms with E-state index in [4.69, 9.17) is 14.2 Å². The number of nitrogens with zero attached hydrogens (tertiary/aromatic N) is 1. The smallest absolute Gasteiger partial charge is 0.326 e. The van der Waals surface area contributed by atoms with E-state index in [2.05, 4.69) is 0 Å². The fourth-order valence-corrected chi connectivity index (χ4v) is 3.11. The molecule has 0 aromatic heterocycles. The number of carbonyl (C=O) groups excluding carboxylic acids is 3. The van der Waals surface area contributed by atoms with Crippen LogP contribution in [0.25, 0.3) is 6.08 Å². The Balaban J connectivity index is 2.13. The number of hydrogen-bond donors (Lipinski definition) is 0. The van der Waals surface area contributed by atoms with Crippen LogP contribution in [-0.4, -0.2) is 48.9 Å². The molecule has 0 saturated carbocycles. The molecule has 0 N–H and O–H groups in total. The van der Waals surface area contributed by atoms with Gasteiger partial charge < -0.3 is 14.2 Å². The number of benzene rings is 1. The number of thioether (sulfide) groups is 1. The van der Waals surface area contributed by atoms with E-state index in [0.29, 0.717) is 23.7 Å². The summed E-state index contributed by atoms with van der Waals surface area (Å²) in [4.78, 5) is 37.5. The largest absolute Gasteiger partial charge is 0.493 e. The van der Waals surface area contributed by atoms with Crippen molar-refractivity contribution >= 4 is 35.0 Å². The molecular weight excluding hydrogens is 370 g/mol. The molecule has 8 heteroatoms. The first-order valence-corrected chi connectivity index (χ1v) is 9.39. The van der Waals surface area contributed by atoms with Crippen LogP contribution in [0.3, 0.4) is 0 Å². The Morgan fingerprint density at radius 1 is 1.26 bits per heavy atom. The van der Waals surface area contributed by atoms with Gasteiger partial charge in [-0.15, -0.1) is 0 Å². The van der Waals surface area contributed by atoms with E-state index in [-0.39, 0.29) is 24.0 Å². The standard InChI is InChI=1S/C19H23NO6S/c1-5-25-15-8-13(6-7-14(15)24-4)9-16-18(22)20(19(23)27-16)10-17(21)26-11-12(2)3/h6-9,12H,5,10-11H2,1-4H3/b16-9+. The molecule has 1 aromatic rings. The zero-order valence-corrected chi connectivity index (χ0v) is 16.6. The maximum atomic E-state index is 12.5. The molecule has 146 valence electrons. The quantitative estimate of drug-likeness (QED) is 0.495. The predicted octanol–water partition coefficient (Wildman–Crippen LogP) is 3.33. The SMILES string of the molecule is CCOc1cc(/C=C2/SC(=O)N(CC(=O)OCC(C)C)C2=O)ccc1OC. The second-order valence-electron chi connectivity index (χ2n) is 6.19. The lowest BCUT2D eigenvalue weighted by Crippen LogP contribution is -2.34. The maximum Gasteiger partial charge on any atom is 0.326 e. The molecule has 0 unspecified atom stereocenters. The van der Waals surface area contributed by atoms with Crippen molar-refractivity contribution in [3.8, 4) is 11.5 Å². The Kier molecular flexibility index (Phi) is 7.29. The van der Waals surface area contributed by atoms with Crippen molar-refractivity contribution in [3.63, 3.8) is 0 Å². The summed E-state index contributed by atoms with van der Waals surface area (Å²) in [6.07, 6.45) is 1.59. The van der Waals surface area contributed by atoms with Gasteiger partial charge in [0.05, 0.1) is 25.2 Å². The summed E-state index contributed by atoms with van der Waals surface area (Å²) in [5.74, 6) is 0.189. The van der Waals surface area contributed by atoms with Gasteiger partial charge in [-0.3, -0.25) is 19.3 Å². The molecule has 0 radical (unpaired) electrons. The lowest BCUT2D eigenvalue weighted by molar-refractivity contribution is -0.147. The van der Waals surface area contributed by atoms with Crippen LogP contribution >= 0.6 is 11.8 Å². The Morgan fingerprint density at radius 3 is 2.63 bits per heavy atom. The van der Waals surface area contributed by atoms with E-state index in [9.17, 15) is 14.4 Å². The number of carbonyl (C=O) groups is 3. The summed E-state index contributed by atoms with van der Waals surface area (Å²) >= 11 is 0.791. The van der Waals surface area contributed by atoms with Crippen molar-refractivity contribution < 1.29 is 28.6 Å².